The Hall–Kier alpha value is -2.81. The summed E-state index contributed by atoms with van der Waals surface area (Å²) in [4.78, 5) is 23.2. The van der Waals surface area contributed by atoms with Crippen LogP contribution in [0.3, 0.4) is 0 Å². The summed E-state index contributed by atoms with van der Waals surface area (Å²) in [6.45, 7) is 9.49. The first-order valence-corrected chi connectivity index (χ1v) is 8.78. The van der Waals surface area contributed by atoms with Gasteiger partial charge in [-0.25, -0.2) is 14.5 Å². The molecule has 0 bridgehead atoms. The van der Waals surface area contributed by atoms with E-state index >= 15 is 0 Å². The van der Waals surface area contributed by atoms with Crippen LogP contribution in [0.25, 0.3) is 5.65 Å². The molecule has 1 N–H and O–H groups in total. The number of carbonyl (C=O) groups is 1. The standard InChI is InChI=1S/C17H24N8O/c1-4-23(5-2)9-14-6-19-16-15(7-20-25(16)10-14)17(26)22-13(3)8-24-12-18-11-21-24/h6-7,10-13H,4-5,8-9H2,1-3H3,(H,22,26)/t13-/m0/s1. The molecule has 0 unspecified atom stereocenters. The summed E-state index contributed by atoms with van der Waals surface area (Å²) in [7, 11) is 0. The Labute approximate surface area is 152 Å². The highest BCUT2D eigenvalue weighted by Crippen LogP contribution is 2.11. The zero-order chi connectivity index (χ0) is 18.5. The van der Waals surface area contributed by atoms with Gasteiger partial charge in [0.25, 0.3) is 5.91 Å². The first-order chi connectivity index (χ1) is 12.6. The Bertz CT molecular complexity index is 853. The van der Waals surface area contributed by atoms with Gasteiger partial charge in [-0.1, -0.05) is 13.8 Å². The maximum atomic E-state index is 12.6. The molecule has 3 aromatic heterocycles. The van der Waals surface area contributed by atoms with Gasteiger partial charge in [-0.15, -0.1) is 0 Å². The van der Waals surface area contributed by atoms with Crippen LogP contribution in [-0.2, 0) is 13.1 Å². The van der Waals surface area contributed by atoms with Gasteiger partial charge in [0.15, 0.2) is 5.65 Å². The van der Waals surface area contributed by atoms with E-state index in [1.54, 1.807) is 21.7 Å². The fourth-order valence-electron chi connectivity index (χ4n) is 2.82. The molecule has 3 rings (SSSR count). The van der Waals surface area contributed by atoms with Gasteiger partial charge < -0.3 is 5.32 Å². The number of amides is 1. The number of hydrogen-bond donors (Lipinski definition) is 1. The van der Waals surface area contributed by atoms with Crippen LogP contribution in [-0.4, -0.2) is 59.3 Å². The van der Waals surface area contributed by atoms with Gasteiger partial charge in [0.1, 0.15) is 18.2 Å². The molecule has 0 aliphatic rings. The first kappa shape index (κ1) is 18.0. The summed E-state index contributed by atoms with van der Waals surface area (Å²) in [6, 6.07) is -0.0962. The Kier molecular flexibility index (Phi) is 5.57. The van der Waals surface area contributed by atoms with Gasteiger partial charge in [-0.05, 0) is 20.0 Å². The molecule has 0 aromatic carbocycles. The summed E-state index contributed by atoms with van der Waals surface area (Å²) in [5.74, 6) is -0.198. The van der Waals surface area contributed by atoms with Crippen molar-refractivity contribution in [1.82, 2.24) is 39.6 Å². The number of aromatic nitrogens is 6. The van der Waals surface area contributed by atoms with Crippen molar-refractivity contribution in [1.29, 1.82) is 0 Å². The largest absolute Gasteiger partial charge is 0.348 e. The summed E-state index contributed by atoms with van der Waals surface area (Å²) >= 11 is 0. The van der Waals surface area contributed by atoms with E-state index in [-0.39, 0.29) is 11.9 Å². The van der Waals surface area contributed by atoms with Gasteiger partial charge in [0, 0.05) is 30.5 Å². The molecule has 3 aromatic rings. The predicted molar refractivity (Wildman–Crippen MR) is 96.6 cm³/mol. The summed E-state index contributed by atoms with van der Waals surface area (Å²) < 4.78 is 3.34. The molecule has 0 radical (unpaired) electrons. The molecule has 9 heteroatoms. The van der Waals surface area contributed by atoms with Gasteiger partial charge in [-0.2, -0.15) is 10.2 Å². The lowest BCUT2D eigenvalue weighted by atomic mass is 10.2. The number of nitrogens with one attached hydrogen (secondary N) is 1. The van der Waals surface area contributed by atoms with Crippen molar-refractivity contribution in [2.24, 2.45) is 0 Å². The van der Waals surface area contributed by atoms with E-state index in [0.29, 0.717) is 17.8 Å². The van der Waals surface area contributed by atoms with Crippen molar-refractivity contribution in [2.45, 2.75) is 39.9 Å². The molecule has 0 spiro atoms. The molecule has 9 nitrogen and oxygen atoms in total. The lowest BCUT2D eigenvalue weighted by molar-refractivity contribution is 0.0937. The average Bonchev–Trinajstić information content (AvgIpc) is 3.28. The zero-order valence-electron chi connectivity index (χ0n) is 15.3. The molecule has 0 saturated carbocycles. The second-order valence-corrected chi connectivity index (χ2v) is 6.24. The smallest absolute Gasteiger partial charge is 0.257 e. The molecule has 3 heterocycles. The molecule has 138 valence electrons. The van der Waals surface area contributed by atoms with Crippen molar-refractivity contribution in [3.63, 3.8) is 0 Å². The molecular weight excluding hydrogens is 332 g/mol. The van der Waals surface area contributed by atoms with Crippen molar-refractivity contribution in [3.05, 3.63) is 42.4 Å². The van der Waals surface area contributed by atoms with Crippen LogP contribution in [0.2, 0.25) is 0 Å². The number of rotatable bonds is 8. The van der Waals surface area contributed by atoms with Crippen LogP contribution in [0.15, 0.2) is 31.2 Å². The Morgan fingerprint density at radius 2 is 2.08 bits per heavy atom. The van der Waals surface area contributed by atoms with Crippen LogP contribution in [0.4, 0.5) is 0 Å². The molecule has 0 aliphatic carbocycles. The molecule has 26 heavy (non-hydrogen) atoms. The minimum Gasteiger partial charge on any atom is -0.348 e. The Morgan fingerprint density at radius 3 is 2.77 bits per heavy atom. The zero-order valence-corrected chi connectivity index (χ0v) is 15.3. The predicted octanol–water partition coefficient (Wildman–Crippen LogP) is 0.981. The highest BCUT2D eigenvalue weighted by atomic mass is 16.1. The van der Waals surface area contributed by atoms with Gasteiger partial charge in [0.05, 0.1) is 12.7 Å². The van der Waals surface area contributed by atoms with Crippen LogP contribution in [0.1, 0.15) is 36.7 Å². The average molecular weight is 356 g/mol. The maximum absolute atomic E-state index is 12.6. The third kappa shape index (κ3) is 4.05. The fraction of sp³-hybridized carbons (Fsp3) is 0.471. The minimum absolute atomic E-state index is 0.0962. The molecule has 0 aliphatic heterocycles. The normalized spacial score (nSPS) is 12.6. The third-order valence-corrected chi connectivity index (χ3v) is 4.26. The van der Waals surface area contributed by atoms with Gasteiger partial charge >= 0.3 is 0 Å². The third-order valence-electron chi connectivity index (χ3n) is 4.26. The summed E-state index contributed by atoms with van der Waals surface area (Å²) in [6.07, 6.45) is 8.39. The summed E-state index contributed by atoms with van der Waals surface area (Å²) in [5, 5.41) is 11.3. The van der Waals surface area contributed by atoms with Crippen LogP contribution in [0.5, 0.6) is 0 Å². The fourth-order valence-corrected chi connectivity index (χ4v) is 2.82. The Balaban J connectivity index is 1.70. The van der Waals surface area contributed by atoms with E-state index in [0.717, 1.165) is 25.2 Å². The maximum Gasteiger partial charge on any atom is 0.257 e. The molecule has 1 atom stereocenters. The highest BCUT2D eigenvalue weighted by Gasteiger charge is 2.17. The monoisotopic (exact) mass is 356 g/mol. The number of nitrogens with zero attached hydrogens (tertiary/aromatic N) is 7. The van der Waals surface area contributed by atoms with Crippen molar-refractivity contribution in [3.8, 4) is 0 Å². The number of fused-ring (bicyclic) bond motifs is 1. The lowest BCUT2D eigenvalue weighted by Crippen LogP contribution is -2.35. The molecule has 0 saturated heterocycles. The topological polar surface area (TPSA) is 93.2 Å². The van der Waals surface area contributed by atoms with E-state index in [2.05, 4.69) is 44.2 Å². The second-order valence-electron chi connectivity index (χ2n) is 6.24. The molecule has 1 amide bonds. The van der Waals surface area contributed by atoms with E-state index in [9.17, 15) is 4.79 Å². The van der Waals surface area contributed by atoms with Crippen molar-refractivity contribution < 1.29 is 4.79 Å². The number of carbonyl (C=O) groups excluding carboxylic acids is 1. The van der Waals surface area contributed by atoms with E-state index in [4.69, 9.17) is 0 Å². The van der Waals surface area contributed by atoms with Crippen LogP contribution >= 0.6 is 0 Å². The van der Waals surface area contributed by atoms with Gasteiger partial charge in [-0.3, -0.25) is 14.4 Å². The van der Waals surface area contributed by atoms with E-state index < -0.39 is 0 Å². The van der Waals surface area contributed by atoms with Crippen molar-refractivity contribution >= 4 is 11.6 Å². The molecule has 0 fully saturated rings. The van der Waals surface area contributed by atoms with Gasteiger partial charge in [0.2, 0.25) is 0 Å². The van der Waals surface area contributed by atoms with E-state index in [1.807, 2.05) is 19.3 Å². The van der Waals surface area contributed by atoms with E-state index in [1.165, 1.54) is 6.33 Å². The minimum atomic E-state index is -0.198. The van der Waals surface area contributed by atoms with Crippen LogP contribution in [0, 0.1) is 0 Å². The van der Waals surface area contributed by atoms with Crippen LogP contribution < -0.4 is 5.32 Å². The second kappa shape index (κ2) is 8.05. The van der Waals surface area contributed by atoms with Crippen molar-refractivity contribution in [2.75, 3.05) is 13.1 Å². The quantitative estimate of drug-likeness (QED) is 0.647. The first-order valence-electron chi connectivity index (χ1n) is 8.78. The lowest BCUT2D eigenvalue weighted by Gasteiger charge is -2.17. The SMILES string of the molecule is CCN(CC)Cc1cnc2c(C(=O)N[C@@H](C)Cn3cncn3)cnn2c1. The molecular formula is C17H24N8O. The Morgan fingerprint density at radius 1 is 1.27 bits per heavy atom. The number of hydrogen-bond acceptors (Lipinski definition) is 6. The summed E-state index contributed by atoms with van der Waals surface area (Å²) in [5.41, 5.74) is 2.08. The highest BCUT2D eigenvalue weighted by molar-refractivity contribution is 5.99.